The number of aromatic hydroxyl groups is 1. The van der Waals surface area contributed by atoms with Gasteiger partial charge < -0.3 is 15.2 Å². The summed E-state index contributed by atoms with van der Waals surface area (Å²) in [7, 11) is 1.52. The van der Waals surface area contributed by atoms with E-state index >= 15 is 0 Å². The maximum atomic E-state index is 12.6. The number of likely N-dealkylation sites (N-methyl/N-ethyl adjacent to an activating group) is 1. The Morgan fingerprint density at radius 2 is 2.08 bits per heavy atom. The number of nitrogens with zero attached hydrogens (tertiary/aromatic N) is 1. The molecule has 1 amide bonds. The van der Waals surface area contributed by atoms with Crippen LogP contribution in [-0.2, 0) is 0 Å². The first-order chi connectivity index (χ1) is 12.6. The van der Waals surface area contributed by atoms with E-state index in [0.717, 1.165) is 30.6 Å². The second-order valence-electron chi connectivity index (χ2n) is 6.60. The van der Waals surface area contributed by atoms with Gasteiger partial charge in [0.25, 0.3) is 5.91 Å². The number of ether oxygens (including phenoxy) is 1. The highest BCUT2D eigenvalue weighted by Gasteiger charge is 2.23. The molecule has 0 radical (unpaired) electrons. The van der Waals surface area contributed by atoms with Crippen molar-refractivity contribution in [2.45, 2.75) is 25.8 Å². The second-order valence-corrected chi connectivity index (χ2v) is 6.60. The van der Waals surface area contributed by atoms with Gasteiger partial charge in [-0.3, -0.25) is 9.69 Å². The van der Waals surface area contributed by atoms with Gasteiger partial charge in [-0.25, -0.2) is 0 Å². The van der Waals surface area contributed by atoms with E-state index < -0.39 is 0 Å². The van der Waals surface area contributed by atoms with Crippen LogP contribution >= 0.6 is 0 Å². The summed E-state index contributed by atoms with van der Waals surface area (Å²) < 4.78 is 5.17. The van der Waals surface area contributed by atoms with Crippen LogP contribution in [-0.4, -0.2) is 48.7 Å². The fraction of sp³-hybridized carbons (Fsp3) is 0.381. The quantitative estimate of drug-likeness (QED) is 0.836. The lowest BCUT2D eigenvalue weighted by molar-refractivity contribution is 0.0941. The molecule has 138 valence electrons. The van der Waals surface area contributed by atoms with E-state index in [2.05, 4.69) is 17.1 Å². The third kappa shape index (κ3) is 3.99. The number of phenolic OH excluding ortho intramolecular Hbond substituents is 1. The monoisotopic (exact) mass is 354 g/mol. The normalized spacial score (nSPS) is 17.2. The van der Waals surface area contributed by atoms with Gasteiger partial charge in [-0.05, 0) is 61.3 Å². The van der Waals surface area contributed by atoms with Gasteiger partial charge in [0.05, 0.1) is 7.11 Å². The number of amides is 1. The summed E-state index contributed by atoms with van der Waals surface area (Å²) >= 11 is 0. The Labute approximate surface area is 154 Å². The van der Waals surface area contributed by atoms with Crippen LogP contribution in [0.15, 0.2) is 42.5 Å². The Kier molecular flexibility index (Phi) is 5.78. The molecule has 0 aliphatic carbocycles. The third-order valence-corrected chi connectivity index (χ3v) is 5.04. The van der Waals surface area contributed by atoms with E-state index in [-0.39, 0.29) is 11.7 Å². The topological polar surface area (TPSA) is 61.8 Å². The van der Waals surface area contributed by atoms with Crippen molar-refractivity contribution >= 4 is 5.91 Å². The van der Waals surface area contributed by atoms with Gasteiger partial charge >= 0.3 is 0 Å². The molecule has 26 heavy (non-hydrogen) atoms. The number of likely N-dealkylation sites (tertiary alicyclic amines) is 1. The number of phenols is 1. The van der Waals surface area contributed by atoms with E-state index in [1.807, 2.05) is 30.3 Å². The van der Waals surface area contributed by atoms with Crippen LogP contribution in [0.25, 0.3) is 11.1 Å². The summed E-state index contributed by atoms with van der Waals surface area (Å²) in [6, 6.07) is 13.1. The van der Waals surface area contributed by atoms with E-state index in [1.54, 1.807) is 12.1 Å². The number of benzene rings is 2. The largest absolute Gasteiger partial charge is 0.504 e. The van der Waals surface area contributed by atoms with Gasteiger partial charge in [-0.15, -0.1) is 0 Å². The highest BCUT2D eigenvalue weighted by atomic mass is 16.5. The summed E-state index contributed by atoms with van der Waals surface area (Å²) in [5.74, 6) is 0.459. The maximum Gasteiger partial charge on any atom is 0.251 e. The number of rotatable bonds is 6. The molecule has 1 fully saturated rings. The molecule has 5 nitrogen and oxygen atoms in total. The Morgan fingerprint density at radius 1 is 1.27 bits per heavy atom. The van der Waals surface area contributed by atoms with Crippen LogP contribution in [0.3, 0.4) is 0 Å². The highest BCUT2D eigenvalue weighted by molar-refractivity contribution is 5.95. The number of methoxy groups -OCH3 is 1. The Morgan fingerprint density at radius 3 is 2.85 bits per heavy atom. The van der Waals surface area contributed by atoms with E-state index in [1.165, 1.54) is 13.5 Å². The van der Waals surface area contributed by atoms with Crippen LogP contribution in [0.2, 0.25) is 0 Å². The van der Waals surface area contributed by atoms with Crippen molar-refractivity contribution in [3.05, 3.63) is 48.0 Å². The smallest absolute Gasteiger partial charge is 0.251 e. The molecule has 0 saturated carbocycles. The molecule has 3 rings (SSSR count). The molecular weight excluding hydrogens is 328 g/mol. The van der Waals surface area contributed by atoms with Crippen molar-refractivity contribution in [2.24, 2.45) is 0 Å². The van der Waals surface area contributed by atoms with Gasteiger partial charge in [-0.1, -0.05) is 25.1 Å². The second kappa shape index (κ2) is 8.23. The Bertz CT molecular complexity index is 776. The molecule has 1 saturated heterocycles. The summed E-state index contributed by atoms with van der Waals surface area (Å²) in [5, 5.41) is 12.8. The van der Waals surface area contributed by atoms with Gasteiger partial charge in [0.15, 0.2) is 11.5 Å². The van der Waals surface area contributed by atoms with Crippen molar-refractivity contribution in [1.82, 2.24) is 10.2 Å². The maximum absolute atomic E-state index is 12.6. The molecule has 0 aromatic heterocycles. The standard InChI is InChI=1S/C21H26N2O3/c1-3-23-11-5-8-18(23)14-22-21(25)17-7-4-6-15(12-17)16-9-10-19(24)20(13-16)26-2/h4,6-7,9-10,12-13,18,24H,3,5,8,11,14H2,1-2H3,(H,22,25). The van der Waals surface area contributed by atoms with Crippen LogP contribution in [0.1, 0.15) is 30.1 Å². The number of hydrogen-bond acceptors (Lipinski definition) is 4. The molecular formula is C21H26N2O3. The average Bonchev–Trinajstić information content (AvgIpc) is 3.14. The molecule has 1 heterocycles. The lowest BCUT2D eigenvalue weighted by Crippen LogP contribution is -2.40. The molecule has 1 atom stereocenters. The summed E-state index contributed by atoms with van der Waals surface area (Å²) in [5.41, 5.74) is 2.44. The number of nitrogens with one attached hydrogen (secondary N) is 1. The zero-order valence-corrected chi connectivity index (χ0v) is 15.4. The van der Waals surface area contributed by atoms with Crippen molar-refractivity contribution < 1.29 is 14.6 Å². The van der Waals surface area contributed by atoms with Crippen molar-refractivity contribution in [2.75, 3.05) is 26.7 Å². The molecule has 2 aromatic carbocycles. The highest BCUT2D eigenvalue weighted by Crippen LogP contribution is 2.31. The number of hydrogen-bond donors (Lipinski definition) is 2. The average molecular weight is 354 g/mol. The van der Waals surface area contributed by atoms with Crippen molar-refractivity contribution in [3.63, 3.8) is 0 Å². The third-order valence-electron chi connectivity index (χ3n) is 5.04. The summed E-state index contributed by atoms with van der Waals surface area (Å²) in [6.07, 6.45) is 2.34. The Balaban J connectivity index is 1.71. The van der Waals surface area contributed by atoms with Crippen molar-refractivity contribution in [3.8, 4) is 22.6 Å². The van der Waals surface area contributed by atoms with Gasteiger partial charge in [0.1, 0.15) is 0 Å². The van der Waals surface area contributed by atoms with Crippen LogP contribution in [0.5, 0.6) is 11.5 Å². The molecule has 1 aliphatic rings. The fourth-order valence-electron chi connectivity index (χ4n) is 3.55. The SMILES string of the molecule is CCN1CCCC1CNC(=O)c1cccc(-c2ccc(O)c(OC)c2)c1. The van der Waals surface area contributed by atoms with Crippen LogP contribution in [0.4, 0.5) is 0 Å². The number of carbonyl (C=O) groups excluding carboxylic acids is 1. The fourth-order valence-corrected chi connectivity index (χ4v) is 3.55. The van der Waals surface area contributed by atoms with Crippen LogP contribution in [0, 0.1) is 0 Å². The minimum absolute atomic E-state index is 0.0550. The zero-order valence-electron chi connectivity index (χ0n) is 15.4. The summed E-state index contributed by atoms with van der Waals surface area (Å²) in [6.45, 7) is 4.99. The zero-order chi connectivity index (χ0) is 18.5. The minimum atomic E-state index is -0.0550. The van der Waals surface area contributed by atoms with Gasteiger partial charge in [-0.2, -0.15) is 0 Å². The van der Waals surface area contributed by atoms with Gasteiger partial charge in [0, 0.05) is 18.2 Å². The minimum Gasteiger partial charge on any atom is -0.504 e. The van der Waals surface area contributed by atoms with E-state index in [9.17, 15) is 9.90 Å². The Hall–Kier alpha value is -2.53. The molecule has 1 aliphatic heterocycles. The molecule has 0 bridgehead atoms. The van der Waals surface area contributed by atoms with Crippen LogP contribution < -0.4 is 10.1 Å². The van der Waals surface area contributed by atoms with E-state index in [0.29, 0.717) is 23.9 Å². The lowest BCUT2D eigenvalue weighted by atomic mass is 10.0. The summed E-state index contributed by atoms with van der Waals surface area (Å²) in [4.78, 5) is 15.0. The molecule has 1 unspecified atom stereocenters. The molecule has 5 heteroatoms. The first kappa shape index (κ1) is 18.3. The molecule has 2 N–H and O–H groups in total. The predicted octanol–water partition coefficient (Wildman–Crippen LogP) is 3.28. The number of carbonyl (C=O) groups is 1. The molecule has 2 aromatic rings. The van der Waals surface area contributed by atoms with E-state index in [4.69, 9.17) is 4.74 Å². The van der Waals surface area contributed by atoms with Crippen molar-refractivity contribution in [1.29, 1.82) is 0 Å². The lowest BCUT2D eigenvalue weighted by Gasteiger charge is -2.22. The first-order valence-electron chi connectivity index (χ1n) is 9.12. The first-order valence-corrected chi connectivity index (χ1v) is 9.12. The molecule has 0 spiro atoms. The van der Waals surface area contributed by atoms with Gasteiger partial charge in [0.2, 0.25) is 0 Å². The predicted molar refractivity (Wildman–Crippen MR) is 103 cm³/mol.